The predicted molar refractivity (Wildman–Crippen MR) is 91.7 cm³/mol. The van der Waals surface area contributed by atoms with E-state index in [1.54, 1.807) is 57.7 Å². The van der Waals surface area contributed by atoms with E-state index in [1.807, 2.05) is 0 Å². The third-order valence-corrected chi connectivity index (χ3v) is 3.27. The van der Waals surface area contributed by atoms with E-state index in [0.29, 0.717) is 34.4 Å². The average molecular weight is 332 g/mol. The molecule has 2 amide bonds. The van der Waals surface area contributed by atoms with Crippen molar-refractivity contribution in [1.82, 2.24) is 0 Å². The highest BCUT2D eigenvalue weighted by atomic mass is 16.5. The molecule has 0 fully saturated rings. The molecule has 2 rings (SSSR count). The maximum atomic E-state index is 12.2. The van der Waals surface area contributed by atoms with Crippen molar-refractivity contribution in [2.45, 2.75) is 0 Å². The number of rotatable bonds is 6. The molecule has 0 heterocycles. The number of hydrogen-bond donors (Lipinski definition) is 2. The van der Waals surface area contributed by atoms with Crippen LogP contribution in [0.25, 0.3) is 0 Å². The topological polar surface area (TPSA) is 78.1 Å². The third-order valence-electron chi connectivity index (χ3n) is 3.27. The Labute approximate surface area is 140 Å². The number of benzene rings is 2. The molecule has 0 radical (unpaired) electrons. The number of nitrogens with one attached hydrogen (secondary N) is 2. The van der Waals surface area contributed by atoms with Crippen molar-refractivity contribution in [3.63, 3.8) is 0 Å². The van der Waals surface area contributed by atoms with Gasteiger partial charge < -0.3 is 29.6 Å². The van der Waals surface area contributed by atoms with Gasteiger partial charge in [0.2, 0.25) is 0 Å². The lowest BCUT2D eigenvalue weighted by atomic mass is 10.2. The molecule has 0 unspecified atom stereocenters. The summed E-state index contributed by atoms with van der Waals surface area (Å²) < 4.78 is 20.7. The van der Waals surface area contributed by atoms with Crippen molar-refractivity contribution in [1.29, 1.82) is 0 Å². The zero-order valence-electron chi connectivity index (χ0n) is 14.0. The number of methoxy groups -OCH3 is 4. The lowest BCUT2D eigenvalue weighted by Gasteiger charge is -2.13. The third kappa shape index (κ3) is 4.22. The maximum Gasteiger partial charge on any atom is 0.323 e. The Balaban J connectivity index is 2.14. The Morgan fingerprint density at radius 2 is 1.38 bits per heavy atom. The Hall–Kier alpha value is -3.09. The summed E-state index contributed by atoms with van der Waals surface area (Å²) in [6.45, 7) is 0. The van der Waals surface area contributed by atoms with Crippen molar-refractivity contribution in [2.24, 2.45) is 0 Å². The normalized spacial score (nSPS) is 9.83. The van der Waals surface area contributed by atoms with Crippen LogP contribution in [0.3, 0.4) is 0 Å². The van der Waals surface area contributed by atoms with E-state index in [9.17, 15) is 4.79 Å². The molecule has 0 saturated heterocycles. The predicted octanol–water partition coefficient (Wildman–Crippen LogP) is 3.37. The van der Waals surface area contributed by atoms with Crippen molar-refractivity contribution < 1.29 is 23.7 Å². The van der Waals surface area contributed by atoms with Crippen molar-refractivity contribution in [3.05, 3.63) is 36.4 Å². The first kappa shape index (κ1) is 17.3. The van der Waals surface area contributed by atoms with Crippen molar-refractivity contribution in [2.75, 3.05) is 39.1 Å². The van der Waals surface area contributed by atoms with Crippen LogP contribution in [0, 0.1) is 0 Å². The number of anilines is 2. The minimum atomic E-state index is -0.422. The van der Waals surface area contributed by atoms with E-state index in [-0.39, 0.29) is 0 Å². The first-order valence-corrected chi connectivity index (χ1v) is 7.12. The minimum Gasteiger partial charge on any atom is -0.497 e. The number of carbonyl (C=O) groups is 1. The number of hydrogen-bond acceptors (Lipinski definition) is 5. The Morgan fingerprint density at radius 1 is 0.750 bits per heavy atom. The number of urea groups is 1. The molecule has 0 aliphatic heterocycles. The van der Waals surface area contributed by atoms with Gasteiger partial charge in [0.1, 0.15) is 23.0 Å². The molecule has 7 heteroatoms. The maximum absolute atomic E-state index is 12.2. The summed E-state index contributed by atoms with van der Waals surface area (Å²) in [5, 5.41) is 5.45. The van der Waals surface area contributed by atoms with Crippen molar-refractivity contribution in [3.8, 4) is 23.0 Å². The standard InChI is InChI=1S/C17H20N2O5/c1-21-12-5-6-15(16(10-12)24-4)19-17(20)18-11-7-13(22-2)9-14(8-11)23-3/h5-10H,1-4H3,(H2,18,19,20). The summed E-state index contributed by atoms with van der Waals surface area (Å²) in [7, 11) is 6.16. The van der Waals surface area contributed by atoms with Crippen LogP contribution >= 0.6 is 0 Å². The van der Waals surface area contributed by atoms with E-state index in [0.717, 1.165) is 0 Å². The van der Waals surface area contributed by atoms with Gasteiger partial charge in [-0.2, -0.15) is 0 Å². The average Bonchev–Trinajstić information content (AvgIpc) is 2.61. The van der Waals surface area contributed by atoms with Crippen LogP contribution in [0.5, 0.6) is 23.0 Å². The molecule has 0 aliphatic carbocycles. The van der Waals surface area contributed by atoms with Crippen molar-refractivity contribution >= 4 is 17.4 Å². The molecular formula is C17H20N2O5. The SMILES string of the molecule is COc1cc(NC(=O)Nc2ccc(OC)cc2OC)cc(OC)c1. The molecule has 0 aromatic heterocycles. The van der Waals surface area contributed by atoms with Crippen LogP contribution in [0.1, 0.15) is 0 Å². The number of carbonyl (C=O) groups excluding carboxylic acids is 1. The van der Waals surface area contributed by atoms with Gasteiger partial charge in [0.25, 0.3) is 0 Å². The van der Waals surface area contributed by atoms with Gasteiger partial charge in [-0.1, -0.05) is 0 Å². The van der Waals surface area contributed by atoms with Gasteiger partial charge in [-0.15, -0.1) is 0 Å². The molecule has 2 aromatic carbocycles. The summed E-state index contributed by atoms with van der Waals surface area (Å²) >= 11 is 0. The second-order valence-corrected chi connectivity index (χ2v) is 4.75. The molecule has 0 saturated carbocycles. The summed E-state index contributed by atoms with van der Waals surface area (Å²) in [6, 6.07) is 9.78. The van der Waals surface area contributed by atoms with Gasteiger partial charge >= 0.3 is 6.03 Å². The second-order valence-electron chi connectivity index (χ2n) is 4.75. The summed E-state index contributed by atoms with van der Waals surface area (Å²) in [4.78, 5) is 12.2. The van der Waals surface area contributed by atoms with Crippen LogP contribution < -0.4 is 29.6 Å². The largest absolute Gasteiger partial charge is 0.497 e. The fourth-order valence-corrected chi connectivity index (χ4v) is 2.07. The molecule has 24 heavy (non-hydrogen) atoms. The molecule has 2 aromatic rings. The van der Waals surface area contributed by atoms with Crippen LogP contribution in [0.2, 0.25) is 0 Å². The highest BCUT2D eigenvalue weighted by molar-refractivity contribution is 6.01. The first-order valence-electron chi connectivity index (χ1n) is 7.12. The molecule has 0 aliphatic rings. The summed E-state index contributed by atoms with van der Waals surface area (Å²) in [5.41, 5.74) is 1.06. The smallest absolute Gasteiger partial charge is 0.323 e. The van der Waals surface area contributed by atoms with Crippen LogP contribution in [0.15, 0.2) is 36.4 Å². The monoisotopic (exact) mass is 332 g/mol. The highest BCUT2D eigenvalue weighted by Crippen LogP contribution is 2.30. The lowest BCUT2D eigenvalue weighted by Crippen LogP contribution is -2.19. The van der Waals surface area contributed by atoms with E-state index < -0.39 is 6.03 Å². The van der Waals surface area contributed by atoms with Gasteiger partial charge in [-0.05, 0) is 12.1 Å². The quantitative estimate of drug-likeness (QED) is 0.848. The van der Waals surface area contributed by atoms with E-state index in [2.05, 4.69) is 10.6 Å². The molecule has 0 bridgehead atoms. The fraction of sp³-hybridized carbons (Fsp3) is 0.235. The van der Waals surface area contributed by atoms with Crippen LogP contribution in [-0.2, 0) is 0 Å². The number of amides is 2. The molecular weight excluding hydrogens is 312 g/mol. The van der Waals surface area contributed by atoms with E-state index >= 15 is 0 Å². The van der Waals surface area contributed by atoms with Gasteiger partial charge in [0, 0.05) is 30.0 Å². The Kier molecular flexibility index (Phi) is 5.73. The molecule has 2 N–H and O–H groups in total. The highest BCUT2D eigenvalue weighted by Gasteiger charge is 2.10. The Morgan fingerprint density at radius 3 is 1.92 bits per heavy atom. The molecule has 0 atom stereocenters. The molecule has 7 nitrogen and oxygen atoms in total. The van der Waals surface area contributed by atoms with E-state index in [1.165, 1.54) is 7.11 Å². The van der Waals surface area contributed by atoms with Gasteiger partial charge in [0.15, 0.2) is 0 Å². The summed E-state index contributed by atoms with van der Waals surface area (Å²) in [5.74, 6) is 2.28. The van der Waals surface area contributed by atoms with Crippen LogP contribution in [-0.4, -0.2) is 34.5 Å². The van der Waals surface area contributed by atoms with E-state index in [4.69, 9.17) is 18.9 Å². The first-order chi connectivity index (χ1) is 11.6. The van der Waals surface area contributed by atoms with Gasteiger partial charge in [-0.25, -0.2) is 4.79 Å². The zero-order valence-corrected chi connectivity index (χ0v) is 14.0. The van der Waals surface area contributed by atoms with Gasteiger partial charge in [-0.3, -0.25) is 0 Å². The number of ether oxygens (including phenoxy) is 4. The molecule has 128 valence electrons. The Bertz CT molecular complexity index is 696. The lowest BCUT2D eigenvalue weighted by molar-refractivity contribution is 0.262. The zero-order chi connectivity index (χ0) is 17.5. The second kappa shape index (κ2) is 7.96. The minimum absolute atomic E-state index is 0.422. The summed E-state index contributed by atoms with van der Waals surface area (Å²) in [6.07, 6.45) is 0. The fourth-order valence-electron chi connectivity index (χ4n) is 2.07. The molecule has 0 spiro atoms. The van der Waals surface area contributed by atoms with Crippen LogP contribution in [0.4, 0.5) is 16.2 Å². The van der Waals surface area contributed by atoms with Gasteiger partial charge in [0.05, 0.1) is 34.1 Å².